The molecule has 5 rings (SSSR count). The third kappa shape index (κ3) is 3.36. The Labute approximate surface area is 179 Å². The number of fused-ring (bicyclic) bond motifs is 1. The summed E-state index contributed by atoms with van der Waals surface area (Å²) in [5.41, 5.74) is 3.13. The summed E-state index contributed by atoms with van der Waals surface area (Å²) in [6, 6.07) is 8.07. The van der Waals surface area contributed by atoms with Crippen molar-refractivity contribution in [2.24, 2.45) is 13.0 Å². The maximum Gasteiger partial charge on any atom is 0.202 e. The lowest BCUT2D eigenvalue weighted by Crippen LogP contribution is -2.28. The molecule has 1 aliphatic carbocycles. The van der Waals surface area contributed by atoms with E-state index in [1.165, 1.54) is 18.4 Å². The van der Waals surface area contributed by atoms with Gasteiger partial charge in [-0.15, -0.1) is 10.2 Å². The summed E-state index contributed by atoms with van der Waals surface area (Å²) in [6.07, 6.45) is 3.73. The van der Waals surface area contributed by atoms with Gasteiger partial charge in [0, 0.05) is 31.3 Å². The van der Waals surface area contributed by atoms with Crippen LogP contribution >= 0.6 is 11.8 Å². The van der Waals surface area contributed by atoms with E-state index in [1.54, 1.807) is 11.8 Å². The van der Waals surface area contributed by atoms with Crippen molar-refractivity contribution in [3.8, 4) is 11.6 Å². The minimum Gasteiger partial charge on any atom is -0.440 e. The minimum atomic E-state index is -0.367. The summed E-state index contributed by atoms with van der Waals surface area (Å²) >= 11 is 1.72. The Morgan fingerprint density at radius 3 is 2.97 bits per heavy atom. The van der Waals surface area contributed by atoms with Crippen LogP contribution in [0.25, 0.3) is 11.6 Å². The Bertz CT molecular complexity index is 1050. The highest BCUT2D eigenvalue weighted by molar-refractivity contribution is 7.99. The standard InChI is InChI=1S/C22H26FN5OS/c1-15-19(29-14-24-15)20-25-26-21(27(20)2)30-9-5-8-28-12-17-10-22(17,13-28)18-7-4-3-6-16(18)11-23/h3-4,6-7,14,17H,5,8-13H2,1-2H3. The van der Waals surface area contributed by atoms with Gasteiger partial charge in [0.15, 0.2) is 17.3 Å². The van der Waals surface area contributed by atoms with E-state index in [0.717, 1.165) is 48.2 Å². The molecule has 3 heterocycles. The Balaban J connectivity index is 1.14. The fourth-order valence-electron chi connectivity index (χ4n) is 4.90. The van der Waals surface area contributed by atoms with E-state index in [-0.39, 0.29) is 12.1 Å². The lowest BCUT2D eigenvalue weighted by atomic mass is 9.91. The Morgan fingerprint density at radius 1 is 1.30 bits per heavy atom. The number of likely N-dealkylation sites (tertiary alicyclic amines) is 1. The first-order valence-corrected chi connectivity index (χ1v) is 11.4. The molecule has 1 aliphatic heterocycles. The second kappa shape index (κ2) is 7.81. The third-order valence-corrected chi connectivity index (χ3v) is 7.65. The Hall–Kier alpha value is -2.19. The molecule has 30 heavy (non-hydrogen) atoms. The van der Waals surface area contributed by atoms with E-state index in [4.69, 9.17) is 4.42 Å². The van der Waals surface area contributed by atoms with E-state index < -0.39 is 0 Å². The summed E-state index contributed by atoms with van der Waals surface area (Å²) in [6.45, 7) is 4.78. The molecule has 2 unspecified atom stereocenters. The average molecular weight is 428 g/mol. The molecule has 1 aromatic carbocycles. The summed E-state index contributed by atoms with van der Waals surface area (Å²) in [5.74, 6) is 3.05. The maximum absolute atomic E-state index is 13.4. The highest BCUT2D eigenvalue weighted by atomic mass is 32.2. The molecule has 8 heteroatoms. The van der Waals surface area contributed by atoms with Crippen molar-refractivity contribution < 1.29 is 8.81 Å². The van der Waals surface area contributed by atoms with Gasteiger partial charge in [-0.1, -0.05) is 36.0 Å². The molecular formula is C22H26FN5OS. The summed E-state index contributed by atoms with van der Waals surface area (Å²) in [7, 11) is 1.96. The van der Waals surface area contributed by atoms with Crippen LogP contribution in [0.15, 0.2) is 40.2 Å². The fourth-order valence-corrected chi connectivity index (χ4v) is 5.74. The van der Waals surface area contributed by atoms with Crippen LogP contribution in [0.4, 0.5) is 4.39 Å². The molecule has 2 atom stereocenters. The van der Waals surface area contributed by atoms with Gasteiger partial charge in [-0.2, -0.15) is 0 Å². The fraction of sp³-hybridized carbons (Fsp3) is 0.500. The molecule has 6 nitrogen and oxygen atoms in total. The van der Waals surface area contributed by atoms with Crippen molar-refractivity contribution in [1.82, 2.24) is 24.6 Å². The molecule has 3 aromatic rings. The van der Waals surface area contributed by atoms with Crippen LogP contribution in [0.1, 0.15) is 29.7 Å². The molecule has 2 aliphatic rings. The van der Waals surface area contributed by atoms with Crippen LogP contribution in [-0.4, -0.2) is 50.0 Å². The first-order chi connectivity index (χ1) is 14.6. The van der Waals surface area contributed by atoms with Gasteiger partial charge in [0.05, 0.1) is 5.69 Å². The van der Waals surface area contributed by atoms with E-state index in [1.807, 2.05) is 36.7 Å². The average Bonchev–Trinajstić information content (AvgIpc) is 3.05. The zero-order chi connectivity index (χ0) is 20.7. The van der Waals surface area contributed by atoms with Crippen molar-refractivity contribution >= 4 is 11.8 Å². The lowest BCUT2D eigenvalue weighted by molar-refractivity contribution is 0.299. The van der Waals surface area contributed by atoms with E-state index in [0.29, 0.717) is 17.5 Å². The van der Waals surface area contributed by atoms with Crippen LogP contribution in [0.5, 0.6) is 0 Å². The largest absolute Gasteiger partial charge is 0.440 e. The van der Waals surface area contributed by atoms with Crippen molar-refractivity contribution in [3.63, 3.8) is 0 Å². The SMILES string of the molecule is Cc1ncoc1-c1nnc(SCCCN2CC3CC3(c3ccccc3CF)C2)n1C. The molecule has 0 radical (unpaired) electrons. The molecular weight excluding hydrogens is 401 g/mol. The molecule has 2 aromatic heterocycles. The van der Waals surface area contributed by atoms with Crippen molar-refractivity contribution in [1.29, 1.82) is 0 Å². The number of rotatable bonds is 8. The number of oxazole rings is 1. The number of nitrogens with zero attached hydrogens (tertiary/aromatic N) is 5. The molecule has 0 N–H and O–H groups in total. The molecule has 1 saturated carbocycles. The topological polar surface area (TPSA) is 60.0 Å². The van der Waals surface area contributed by atoms with E-state index in [2.05, 4.69) is 26.1 Å². The van der Waals surface area contributed by atoms with Gasteiger partial charge in [0.2, 0.25) is 5.82 Å². The van der Waals surface area contributed by atoms with Crippen LogP contribution < -0.4 is 0 Å². The van der Waals surface area contributed by atoms with Gasteiger partial charge < -0.3 is 13.9 Å². The zero-order valence-corrected chi connectivity index (χ0v) is 18.2. The number of hydrogen-bond acceptors (Lipinski definition) is 6. The van der Waals surface area contributed by atoms with Crippen LogP contribution in [0, 0.1) is 12.8 Å². The van der Waals surface area contributed by atoms with E-state index in [9.17, 15) is 4.39 Å². The second-order valence-corrected chi connectivity index (χ2v) is 9.48. The van der Waals surface area contributed by atoms with Crippen molar-refractivity contribution in [2.45, 2.75) is 37.0 Å². The summed E-state index contributed by atoms with van der Waals surface area (Å²) < 4.78 is 20.8. The number of alkyl halides is 1. The van der Waals surface area contributed by atoms with Crippen LogP contribution in [0.3, 0.4) is 0 Å². The number of hydrogen-bond donors (Lipinski definition) is 0. The highest BCUT2D eigenvalue weighted by Crippen LogP contribution is 2.59. The Kier molecular flexibility index (Phi) is 5.14. The first kappa shape index (κ1) is 19.8. The quantitative estimate of drug-likeness (QED) is 0.400. The molecule has 2 fully saturated rings. The normalized spacial score (nSPS) is 23.1. The van der Waals surface area contributed by atoms with Crippen LogP contribution in [-0.2, 0) is 19.1 Å². The van der Waals surface area contributed by atoms with E-state index >= 15 is 0 Å². The monoisotopic (exact) mass is 427 g/mol. The van der Waals surface area contributed by atoms with Gasteiger partial charge in [0.1, 0.15) is 6.67 Å². The summed E-state index contributed by atoms with van der Waals surface area (Å²) in [4.78, 5) is 6.68. The zero-order valence-electron chi connectivity index (χ0n) is 17.3. The maximum atomic E-state index is 13.4. The molecule has 158 valence electrons. The minimum absolute atomic E-state index is 0.198. The smallest absolute Gasteiger partial charge is 0.202 e. The summed E-state index contributed by atoms with van der Waals surface area (Å²) in [5, 5.41) is 9.46. The first-order valence-electron chi connectivity index (χ1n) is 10.4. The predicted molar refractivity (Wildman–Crippen MR) is 114 cm³/mol. The van der Waals surface area contributed by atoms with Crippen molar-refractivity contribution in [3.05, 3.63) is 47.5 Å². The number of aromatic nitrogens is 4. The number of benzene rings is 1. The lowest BCUT2D eigenvalue weighted by Gasteiger charge is -2.22. The van der Waals surface area contributed by atoms with Gasteiger partial charge in [0.25, 0.3) is 0 Å². The number of aryl methyl sites for hydroxylation is 1. The van der Waals surface area contributed by atoms with Crippen molar-refractivity contribution in [2.75, 3.05) is 25.4 Å². The van der Waals surface area contributed by atoms with Gasteiger partial charge in [-0.05, 0) is 43.4 Å². The predicted octanol–water partition coefficient (Wildman–Crippen LogP) is 4.00. The molecule has 0 spiro atoms. The molecule has 0 bridgehead atoms. The highest BCUT2D eigenvalue weighted by Gasteiger charge is 2.60. The third-order valence-electron chi connectivity index (χ3n) is 6.55. The Morgan fingerprint density at radius 2 is 2.17 bits per heavy atom. The number of thioether (sulfide) groups is 1. The van der Waals surface area contributed by atoms with Crippen LogP contribution in [0.2, 0.25) is 0 Å². The second-order valence-electron chi connectivity index (χ2n) is 8.42. The number of piperidine rings is 1. The molecule has 1 saturated heterocycles. The van der Waals surface area contributed by atoms with Gasteiger partial charge in [-0.3, -0.25) is 0 Å². The van der Waals surface area contributed by atoms with Gasteiger partial charge in [-0.25, -0.2) is 9.37 Å². The molecule has 0 amide bonds. The van der Waals surface area contributed by atoms with Gasteiger partial charge >= 0.3 is 0 Å². The number of halogens is 1.